The Labute approximate surface area is 165 Å². The van der Waals surface area contributed by atoms with E-state index in [1.54, 1.807) is 19.1 Å². The third kappa shape index (κ3) is 4.22. The van der Waals surface area contributed by atoms with Crippen molar-refractivity contribution in [2.24, 2.45) is 11.1 Å². The summed E-state index contributed by atoms with van der Waals surface area (Å²) < 4.78 is 13.6. The van der Waals surface area contributed by atoms with Crippen molar-refractivity contribution in [2.75, 3.05) is 10.6 Å². The van der Waals surface area contributed by atoms with Crippen molar-refractivity contribution in [3.8, 4) is 0 Å². The fourth-order valence-electron chi connectivity index (χ4n) is 2.82. The molecule has 0 spiro atoms. The highest BCUT2D eigenvalue weighted by atomic mass is 19.1. The number of aromatic nitrogens is 2. The average molecular weight is 381 g/mol. The highest BCUT2D eigenvalue weighted by Gasteiger charge is 2.22. The van der Waals surface area contributed by atoms with E-state index in [1.807, 2.05) is 18.2 Å². The Balaban J connectivity index is 2.08. The molecular weight excluding hydrogens is 353 g/mol. The van der Waals surface area contributed by atoms with Gasteiger partial charge < -0.3 is 16.4 Å². The largest absolute Gasteiger partial charge is 0.366 e. The Morgan fingerprint density at radius 3 is 2.54 bits per heavy atom. The number of fused-ring (bicyclic) bond motifs is 1. The molecule has 0 aliphatic rings. The molecule has 1 aromatic heterocycles. The third-order valence-corrected chi connectivity index (χ3v) is 5.10. The molecule has 0 aliphatic heterocycles. The Kier molecular flexibility index (Phi) is 5.52. The second-order valence-electron chi connectivity index (χ2n) is 8.23. The summed E-state index contributed by atoms with van der Waals surface area (Å²) in [6.45, 7) is 10.8. The van der Waals surface area contributed by atoms with Crippen LogP contribution in [0, 0.1) is 18.2 Å². The Hall–Kier alpha value is -2.73. The number of rotatable bonds is 5. The summed E-state index contributed by atoms with van der Waals surface area (Å²) >= 11 is 0. The lowest BCUT2D eigenvalue weighted by Crippen LogP contribution is -2.31. The number of hydrogen-bond donors (Lipinski definition) is 3. The van der Waals surface area contributed by atoms with E-state index in [0.29, 0.717) is 18.1 Å². The average Bonchev–Trinajstić information content (AvgIpc) is 2.63. The maximum absolute atomic E-state index is 13.6. The molecule has 28 heavy (non-hydrogen) atoms. The molecule has 0 aliphatic carbocycles. The molecule has 0 amide bonds. The molecule has 3 rings (SSSR count). The number of nitrogens with one attached hydrogen (secondary N) is 2. The van der Waals surface area contributed by atoms with Crippen LogP contribution in [0.3, 0.4) is 0 Å². The number of nitrogens with two attached hydrogens (primary N) is 1. The van der Waals surface area contributed by atoms with Crippen molar-refractivity contribution in [1.82, 2.24) is 9.97 Å². The van der Waals surface area contributed by atoms with Crippen LogP contribution in [-0.4, -0.2) is 16.0 Å². The van der Waals surface area contributed by atoms with E-state index in [1.165, 1.54) is 6.07 Å². The molecule has 2 aromatic carbocycles. The predicted octanol–water partition coefficient (Wildman–Crippen LogP) is 5.13. The summed E-state index contributed by atoms with van der Waals surface area (Å²) in [5.41, 5.74) is 9.05. The molecule has 0 fully saturated rings. The lowest BCUT2D eigenvalue weighted by Gasteiger charge is -2.29. The lowest BCUT2D eigenvalue weighted by molar-refractivity contribution is 0.359. The Morgan fingerprint density at radius 2 is 1.89 bits per heavy atom. The molecule has 1 heterocycles. The van der Waals surface area contributed by atoms with Gasteiger partial charge in [-0.3, -0.25) is 0 Å². The smallest absolute Gasteiger partial charge is 0.229 e. The van der Waals surface area contributed by atoms with Crippen LogP contribution in [-0.2, 0) is 6.54 Å². The van der Waals surface area contributed by atoms with E-state index in [9.17, 15) is 4.39 Å². The third-order valence-electron chi connectivity index (χ3n) is 5.10. The summed E-state index contributed by atoms with van der Waals surface area (Å²) in [6, 6.07) is 11.0. The van der Waals surface area contributed by atoms with Crippen molar-refractivity contribution < 1.29 is 4.39 Å². The van der Waals surface area contributed by atoms with Crippen LogP contribution in [0.2, 0.25) is 0 Å². The monoisotopic (exact) mass is 381 g/mol. The molecule has 6 heteroatoms. The molecule has 0 saturated carbocycles. The van der Waals surface area contributed by atoms with Crippen molar-refractivity contribution in [2.45, 2.75) is 47.2 Å². The molecular formula is C22H28FN5. The molecule has 0 unspecified atom stereocenters. The number of hydrogen-bond acceptors (Lipinski definition) is 5. The molecule has 1 atom stereocenters. The minimum absolute atomic E-state index is 0.0599. The van der Waals surface area contributed by atoms with E-state index in [2.05, 4.69) is 43.3 Å². The van der Waals surface area contributed by atoms with Crippen LogP contribution in [0.25, 0.3) is 10.9 Å². The molecule has 148 valence electrons. The minimum Gasteiger partial charge on any atom is -0.366 e. The standard InChI is InChI=1S/C22H28FN5/c1-13-11-16(9-10-18(13)23)26-21-27-19-15(12-24)7-6-8-17(19)20(28-21)25-14(2)22(3,4)5/h6-11,14H,12,24H2,1-5H3,(H2,25,26,27,28)/t14-/m1/s1. The number of aryl methyl sites for hydroxylation is 1. The first-order valence-electron chi connectivity index (χ1n) is 9.48. The van der Waals surface area contributed by atoms with Gasteiger partial charge in [0, 0.05) is 23.7 Å². The van der Waals surface area contributed by atoms with Crippen molar-refractivity contribution >= 4 is 28.4 Å². The predicted molar refractivity (Wildman–Crippen MR) is 114 cm³/mol. The van der Waals surface area contributed by atoms with Gasteiger partial charge in [-0.1, -0.05) is 32.9 Å². The zero-order chi connectivity index (χ0) is 20.5. The Bertz CT molecular complexity index is 994. The van der Waals surface area contributed by atoms with Crippen LogP contribution >= 0.6 is 0 Å². The molecule has 0 saturated heterocycles. The molecule has 0 bridgehead atoms. The zero-order valence-corrected chi connectivity index (χ0v) is 17.1. The molecule has 0 radical (unpaired) electrons. The number of benzene rings is 2. The number of para-hydroxylation sites is 1. The topological polar surface area (TPSA) is 75.9 Å². The fraction of sp³-hybridized carbons (Fsp3) is 0.364. The summed E-state index contributed by atoms with van der Waals surface area (Å²) in [4.78, 5) is 9.40. The van der Waals surface area contributed by atoms with Gasteiger partial charge in [-0.05, 0) is 54.7 Å². The van der Waals surface area contributed by atoms with Gasteiger partial charge in [0.15, 0.2) is 0 Å². The number of halogens is 1. The Morgan fingerprint density at radius 1 is 1.14 bits per heavy atom. The first-order chi connectivity index (χ1) is 13.2. The van der Waals surface area contributed by atoms with Gasteiger partial charge in [-0.15, -0.1) is 0 Å². The maximum atomic E-state index is 13.6. The van der Waals surface area contributed by atoms with Gasteiger partial charge in [0.1, 0.15) is 11.6 Å². The summed E-state index contributed by atoms with van der Waals surface area (Å²) in [6.07, 6.45) is 0. The van der Waals surface area contributed by atoms with Gasteiger partial charge in [-0.2, -0.15) is 4.98 Å². The van der Waals surface area contributed by atoms with Crippen LogP contribution < -0.4 is 16.4 Å². The fourth-order valence-corrected chi connectivity index (χ4v) is 2.82. The number of nitrogens with zero attached hydrogens (tertiary/aromatic N) is 2. The number of anilines is 3. The van der Waals surface area contributed by atoms with Crippen LogP contribution in [0.4, 0.5) is 21.8 Å². The van der Waals surface area contributed by atoms with Gasteiger partial charge in [0.05, 0.1) is 5.52 Å². The van der Waals surface area contributed by atoms with Crippen LogP contribution in [0.5, 0.6) is 0 Å². The molecule has 4 N–H and O–H groups in total. The van der Waals surface area contributed by atoms with Gasteiger partial charge in [-0.25, -0.2) is 9.37 Å². The van der Waals surface area contributed by atoms with Crippen molar-refractivity contribution in [3.05, 3.63) is 53.3 Å². The van der Waals surface area contributed by atoms with Crippen molar-refractivity contribution in [3.63, 3.8) is 0 Å². The van der Waals surface area contributed by atoms with Gasteiger partial charge in [0.2, 0.25) is 5.95 Å². The zero-order valence-electron chi connectivity index (χ0n) is 17.1. The van der Waals surface area contributed by atoms with E-state index < -0.39 is 0 Å². The van der Waals surface area contributed by atoms with E-state index in [4.69, 9.17) is 10.7 Å². The molecule has 3 aromatic rings. The maximum Gasteiger partial charge on any atom is 0.229 e. The summed E-state index contributed by atoms with van der Waals surface area (Å²) in [5, 5.41) is 7.66. The normalized spacial score (nSPS) is 12.8. The highest BCUT2D eigenvalue weighted by molar-refractivity contribution is 5.92. The molecule has 5 nitrogen and oxygen atoms in total. The van der Waals surface area contributed by atoms with Gasteiger partial charge >= 0.3 is 0 Å². The van der Waals surface area contributed by atoms with Gasteiger partial charge in [0.25, 0.3) is 0 Å². The second-order valence-corrected chi connectivity index (χ2v) is 8.23. The SMILES string of the molecule is Cc1cc(Nc2nc(N[C@H](C)C(C)(C)C)c3cccc(CN)c3n2)ccc1F. The quantitative estimate of drug-likeness (QED) is 0.571. The summed E-state index contributed by atoms with van der Waals surface area (Å²) in [5.74, 6) is 0.962. The van der Waals surface area contributed by atoms with Crippen molar-refractivity contribution in [1.29, 1.82) is 0 Å². The van der Waals surface area contributed by atoms with E-state index in [0.717, 1.165) is 28.0 Å². The van der Waals surface area contributed by atoms with E-state index in [-0.39, 0.29) is 17.3 Å². The highest BCUT2D eigenvalue weighted by Crippen LogP contribution is 2.29. The van der Waals surface area contributed by atoms with Crippen LogP contribution in [0.15, 0.2) is 36.4 Å². The second kappa shape index (κ2) is 7.72. The summed E-state index contributed by atoms with van der Waals surface area (Å²) in [7, 11) is 0. The first-order valence-corrected chi connectivity index (χ1v) is 9.48. The van der Waals surface area contributed by atoms with E-state index >= 15 is 0 Å². The first kappa shape index (κ1) is 20.0. The minimum atomic E-state index is -0.239. The van der Waals surface area contributed by atoms with Crippen LogP contribution in [0.1, 0.15) is 38.8 Å². The lowest BCUT2D eigenvalue weighted by atomic mass is 9.88.